The Morgan fingerprint density at radius 2 is 1.83 bits per heavy atom. The Labute approximate surface area is 109 Å². The highest BCUT2D eigenvalue weighted by Gasteiger charge is 2.48. The first kappa shape index (κ1) is 12.9. The molecule has 3 aliphatic rings. The summed E-state index contributed by atoms with van der Waals surface area (Å²) in [4.78, 5) is 0. The first-order valence-electron chi connectivity index (χ1n) is 7.29. The summed E-state index contributed by atoms with van der Waals surface area (Å²) in [6.45, 7) is 3.61. The molecule has 3 fully saturated rings. The van der Waals surface area contributed by atoms with Crippen LogP contribution in [-0.4, -0.2) is 48.3 Å². The molecule has 0 aromatic heterocycles. The highest BCUT2D eigenvalue weighted by Crippen LogP contribution is 2.38. The van der Waals surface area contributed by atoms with Crippen molar-refractivity contribution in [2.45, 2.75) is 75.5 Å². The maximum absolute atomic E-state index is 10.2. The molecule has 5 atom stereocenters. The zero-order chi connectivity index (χ0) is 12.6. The van der Waals surface area contributed by atoms with Gasteiger partial charge in [0.2, 0.25) is 0 Å². The number of fused-ring (bicyclic) bond motifs is 1. The molecule has 1 N–H and O–H groups in total. The molecule has 0 bridgehead atoms. The van der Waals surface area contributed by atoms with E-state index in [2.05, 4.69) is 0 Å². The Morgan fingerprint density at radius 1 is 1.00 bits per heavy atom. The predicted molar refractivity (Wildman–Crippen MR) is 66.5 cm³/mol. The van der Waals surface area contributed by atoms with Crippen LogP contribution >= 0.6 is 0 Å². The fraction of sp³-hybridized carbons (Fsp3) is 1.00. The van der Waals surface area contributed by atoms with Gasteiger partial charge in [-0.25, -0.2) is 0 Å². The van der Waals surface area contributed by atoms with Gasteiger partial charge in [-0.2, -0.15) is 0 Å². The predicted octanol–water partition coefficient (Wildman–Crippen LogP) is 1.64. The van der Waals surface area contributed by atoms with Crippen LogP contribution < -0.4 is 0 Å². The number of rotatable bonds is 1. The number of aliphatic hydroxyl groups is 1. The van der Waals surface area contributed by atoms with Crippen LogP contribution in [0.1, 0.15) is 45.4 Å². The number of hydrogen-bond acceptors (Lipinski definition) is 4. The topological polar surface area (TPSA) is 47.9 Å². The van der Waals surface area contributed by atoms with Gasteiger partial charge >= 0.3 is 0 Å². The van der Waals surface area contributed by atoms with Crippen LogP contribution in [0.5, 0.6) is 0 Å². The molecule has 0 amide bonds. The molecule has 0 saturated carbocycles. The van der Waals surface area contributed by atoms with Crippen molar-refractivity contribution in [1.82, 2.24) is 0 Å². The van der Waals surface area contributed by atoms with E-state index >= 15 is 0 Å². The van der Waals surface area contributed by atoms with Crippen molar-refractivity contribution < 1.29 is 19.3 Å². The number of aliphatic hydroxyl groups excluding tert-OH is 1. The third-order valence-electron chi connectivity index (χ3n) is 4.77. The van der Waals surface area contributed by atoms with E-state index in [0.717, 1.165) is 51.7 Å². The minimum absolute atomic E-state index is 0.00995. The van der Waals surface area contributed by atoms with E-state index in [-0.39, 0.29) is 18.3 Å². The Hall–Kier alpha value is -0.160. The van der Waals surface area contributed by atoms with Crippen molar-refractivity contribution >= 4 is 0 Å². The minimum Gasteiger partial charge on any atom is -0.390 e. The van der Waals surface area contributed by atoms with Crippen molar-refractivity contribution in [3.63, 3.8) is 0 Å². The van der Waals surface area contributed by atoms with Crippen molar-refractivity contribution in [3.05, 3.63) is 0 Å². The van der Waals surface area contributed by atoms with Crippen molar-refractivity contribution in [1.29, 1.82) is 0 Å². The molecule has 4 heteroatoms. The van der Waals surface area contributed by atoms with Gasteiger partial charge in [0.1, 0.15) is 5.60 Å². The Balaban J connectivity index is 1.69. The summed E-state index contributed by atoms with van der Waals surface area (Å²) >= 11 is 0. The molecular formula is C14H24O4. The summed E-state index contributed by atoms with van der Waals surface area (Å²) in [6, 6.07) is 0. The summed E-state index contributed by atoms with van der Waals surface area (Å²) in [5.41, 5.74) is -0.527. The SMILES string of the molecule is C[C@]1([C@H]2CC[C@@H]3OCCC[C@H]3O2)OCCC[C@@H]1O. The van der Waals surface area contributed by atoms with Gasteiger partial charge in [-0.15, -0.1) is 0 Å². The van der Waals surface area contributed by atoms with Crippen LogP contribution in [0.25, 0.3) is 0 Å². The molecule has 0 aromatic rings. The second kappa shape index (κ2) is 5.08. The van der Waals surface area contributed by atoms with E-state index in [1.165, 1.54) is 0 Å². The lowest BCUT2D eigenvalue weighted by Gasteiger charge is -2.49. The van der Waals surface area contributed by atoms with Crippen LogP contribution in [0.2, 0.25) is 0 Å². The molecule has 0 radical (unpaired) electrons. The molecule has 3 heterocycles. The molecule has 0 aliphatic carbocycles. The van der Waals surface area contributed by atoms with Crippen molar-refractivity contribution in [3.8, 4) is 0 Å². The van der Waals surface area contributed by atoms with E-state index in [1.807, 2.05) is 6.92 Å². The molecule has 104 valence electrons. The molecule has 0 spiro atoms. The Morgan fingerprint density at radius 3 is 2.67 bits per heavy atom. The van der Waals surface area contributed by atoms with Gasteiger partial charge in [-0.1, -0.05) is 0 Å². The lowest BCUT2D eigenvalue weighted by molar-refractivity contribution is -0.254. The first-order valence-corrected chi connectivity index (χ1v) is 7.29. The molecule has 3 aliphatic heterocycles. The third kappa shape index (κ3) is 2.20. The maximum atomic E-state index is 10.2. The van der Waals surface area contributed by atoms with Gasteiger partial charge in [0, 0.05) is 13.2 Å². The van der Waals surface area contributed by atoms with E-state index in [9.17, 15) is 5.11 Å². The number of hydrogen-bond donors (Lipinski definition) is 1. The zero-order valence-corrected chi connectivity index (χ0v) is 11.1. The van der Waals surface area contributed by atoms with Crippen LogP contribution in [0.3, 0.4) is 0 Å². The second-order valence-corrected chi connectivity index (χ2v) is 5.98. The summed E-state index contributed by atoms with van der Waals surface area (Å²) < 4.78 is 17.8. The molecule has 4 nitrogen and oxygen atoms in total. The zero-order valence-electron chi connectivity index (χ0n) is 11.1. The van der Waals surface area contributed by atoms with Gasteiger partial charge in [-0.3, -0.25) is 0 Å². The summed E-state index contributed by atoms with van der Waals surface area (Å²) in [7, 11) is 0. The molecule has 3 saturated heterocycles. The average molecular weight is 256 g/mol. The monoisotopic (exact) mass is 256 g/mol. The molecule has 0 unspecified atom stereocenters. The van der Waals surface area contributed by atoms with Crippen molar-refractivity contribution in [2.24, 2.45) is 0 Å². The van der Waals surface area contributed by atoms with Crippen LogP contribution in [0, 0.1) is 0 Å². The Bertz CT molecular complexity index is 296. The van der Waals surface area contributed by atoms with Gasteiger partial charge in [0.25, 0.3) is 0 Å². The van der Waals surface area contributed by atoms with Crippen LogP contribution in [0.4, 0.5) is 0 Å². The normalized spacial score (nSPS) is 49.7. The maximum Gasteiger partial charge on any atom is 0.117 e. The van der Waals surface area contributed by atoms with Crippen LogP contribution in [-0.2, 0) is 14.2 Å². The fourth-order valence-corrected chi connectivity index (χ4v) is 3.51. The summed E-state index contributed by atoms with van der Waals surface area (Å²) in [5.74, 6) is 0. The molecular weight excluding hydrogens is 232 g/mol. The average Bonchev–Trinajstić information content (AvgIpc) is 2.42. The quantitative estimate of drug-likeness (QED) is 0.775. The third-order valence-corrected chi connectivity index (χ3v) is 4.77. The Kier molecular flexibility index (Phi) is 3.63. The number of ether oxygens (including phenoxy) is 3. The lowest BCUT2D eigenvalue weighted by Crippen LogP contribution is -2.59. The van der Waals surface area contributed by atoms with E-state index in [0.29, 0.717) is 0 Å². The lowest BCUT2D eigenvalue weighted by atomic mass is 9.82. The van der Waals surface area contributed by atoms with Gasteiger partial charge < -0.3 is 19.3 Å². The first-order chi connectivity index (χ1) is 8.70. The molecule has 3 rings (SSSR count). The highest BCUT2D eigenvalue weighted by molar-refractivity contribution is 4.98. The second-order valence-electron chi connectivity index (χ2n) is 5.98. The molecule has 0 aromatic carbocycles. The van der Waals surface area contributed by atoms with E-state index < -0.39 is 11.7 Å². The summed E-state index contributed by atoms with van der Waals surface area (Å²) in [5, 5.41) is 10.2. The van der Waals surface area contributed by atoms with Crippen LogP contribution in [0.15, 0.2) is 0 Å². The van der Waals surface area contributed by atoms with Crippen molar-refractivity contribution in [2.75, 3.05) is 13.2 Å². The van der Waals surface area contributed by atoms with E-state index in [4.69, 9.17) is 14.2 Å². The van der Waals surface area contributed by atoms with Gasteiger partial charge in [0.05, 0.1) is 24.4 Å². The fourth-order valence-electron chi connectivity index (χ4n) is 3.51. The van der Waals surface area contributed by atoms with Gasteiger partial charge in [0.15, 0.2) is 0 Å². The smallest absolute Gasteiger partial charge is 0.117 e. The largest absolute Gasteiger partial charge is 0.390 e. The van der Waals surface area contributed by atoms with E-state index in [1.54, 1.807) is 0 Å². The summed E-state index contributed by atoms with van der Waals surface area (Å²) in [6.07, 6.45) is 5.94. The van der Waals surface area contributed by atoms with Gasteiger partial charge in [-0.05, 0) is 45.4 Å². The molecule has 18 heavy (non-hydrogen) atoms. The standard InChI is InChI=1S/C14H24O4/c1-14(12(15)5-3-9-17-14)13-7-6-10-11(18-13)4-2-8-16-10/h10-13,15H,2-9H2,1H3/t10-,11+,12-,13+,14-/m0/s1. The minimum atomic E-state index is -0.527. The highest BCUT2D eigenvalue weighted by atomic mass is 16.6.